The second kappa shape index (κ2) is 4.69. The van der Waals surface area contributed by atoms with Crippen LogP contribution in [0.1, 0.15) is 77.0 Å². The van der Waals surface area contributed by atoms with Crippen molar-refractivity contribution >= 4 is 0 Å². The Morgan fingerprint density at radius 1 is 0.474 bits per heavy atom. The van der Waals surface area contributed by atoms with Crippen molar-refractivity contribution in [1.29, 1.82) is 0 Å². The first-order chi connectivity index (χ1) is 8.99. The average molecular weight is 269 g/mol. The molecule has 110 valence electrons. The van der Waals surface area contributed by atoms with Crippen molar-refractivity contribution in [3.63, 3.8) is 0 Å². The van der Waals surface area contributed by atoms with Gasteiger partial charge in [0.2, 0.25) is 0 Å². The van der Waals surface area contributed by atoms with Gasteiger partial charge in [-0.15, -0.1) is 0 Å². The number of hydrogen-bond donors (Lipinski definition) is 3. The molecule has 3 aliphatic carbocycles. The first kappa shape index (κ1) is 13.8. The summed E-state index contributed by atoms with van der Waals surface area (Å²) >= 11 is 0. The van der Waals surface area contributed by atoms with Crippen LogP contribution in [0.3, 0.4) is 0 Å². The Labute approximate surface area is 115 Å². The third kappa shape index (κ3) is 2.23. The molecule has 0 atom stereocenters. The summed E-state index contributed by atoms with van der Waals surface area (Å²) in [6, 6.07) is 0. The van der Waals surface area contributed by atoms with Crippen molar-refractivity contribution in [3.8, 4) is 0 Å². The third-order valence-electron chi connectivity index (χ3n) is 5.46. The summed E-state index contributed by atoms with van der Waals surface area (Å²) in [6.07, 6.45) is 9.98. The summed E-state index contributed by atoms with van der Waals surface area (Å²) in [5.74, 6) is 0. The molecule has 3 aliphatic rings. The van der Waals surface area contributed by atoms with Gasteiger partial charge in [0.15, 0.2) is 0 Å². The fraction of sp³-hybridized carbons (Fsp3) is 1.00. The fourth-order valence-electron chi connectivity index (χ4n) is 4.66. The molecule has 0 aliphatic heterocycles. The highest BCUT2D eigenvalue weighted by atomic mass is 16.4. The van der Waals surface area contributed by atoms with Gasteiger partial charge >= 0.3 is 0 Å². The molecule has 0 amide bonds. The number of nitrogens with zero attached hydrogens (tertiary/aromatic N) is 1. The Morgan fingerprint density at radius 2 is 0.684 bits per heavy atom. The molecular formula is C15H27NO3. The van der Waals surface area contributed by atoms with E-state index in [1.165, 1.54) is 0 Å². The molecule has 3 fully saturated rings. The Balaban J connectivity index is 1.95. The highest BCUT2D eigenvalue weighted by molar-refractivity contribution is 5.02. The van der Waals surface area contributed by atoms with Crippen LogP contribution in [0.4, 0.5) is 0 Å². The summed E-state index contributed by atoms with van der Waals surface area (Å²) in [4.78, 5) is 1.75. The molecule has 0 heterocycles. The van der Waals surface area contributed by atoms with Gasteiger partial charge in [-0.2, -0.15) is 0 Å². The molecule has 3 rings (SSSR count). The van der Waals surface area contributed by atoms with Crippen LogP contribution in [-0.2, 0) is 0 Å². The van der Waals surface area contributed by atoms with Gasteiger partial charge in [-0.25, -0.2) is 4.90 Å². The molecule has 0 aromatic carbocycles. The smallest absolute Gasteiger partial charge is 0.122 e. The monoisotopic (exact) mass is 269 g/mol. The van der Waals surface area contributed by atoms with Crippen molar-refractivity contribution in [1.82, 2.24) is 4.90 Å². The second-order valence-corrected chi connectivity index (χ2v) is 6.90. The largest absolute Gasteiger partial charge is 0.375 e. The third-order valence-corrected chi connectivity index (χ3v) is 5.46. The summed E-state index contributed by atoms with van der Waals surface area (Å²) in [7, 11) is 0. The number of aliphatic hydroxyl groups is 3. The van der Waals surface area contributed by atoms with Crippen molar-refractivity contribution in [2.75, 3.05) is 0 Å². The summed E-state index contributed by atoms with van der Waals surface area (Å²) in [5, 5.41) is 33.0. The van der Waals surface area contributed by atoms with Gasteiger partial charge in [0, 0.05) is 0 Å². The molecule has 0 aromatic rings. The maximum absolute atomic E-state index is 11.0. The molecule has 0 bridgehead atoms. The van der Waals surface area contributed by atoms with Gasteiger partial charge < -0.3 is 15.3 Å². The minimum absolute atomic E-state index is 0.678. The van der Waals surface area contributed by atoms with Crippen LogP contribution in [0.15, 0.2) is 0 Å². The van der Waals surface area contributed by atoms with E-state index in [1.807, 2.05) is 0 Å². The van der Waals surface area contributed by atoms with Crippen LogP contribution < -0.4 is 0 Å². The highest BCUT2D eigenvalue weighted by Gasteiger charge is 2.58. The van der Waals surface area contributed by atoms with Gasteiger partial charge in [-0.3, -0.25) is 0 Å². The Kier molecular flexibility index (Phi) is 3.41. The quantitative estimate of drug-likeness (QED) is 0.686. The zero-order valence-electron chi connectivity index (χ0n) is 11.8. The summed E-state index contributed by atoms with van der Waals surface area (Å²) < 4.78 is 0. The van der Waals surface area contributed by atoms with Crippen molar-refractivity contribution < 1.29 is 15.3 Å². The van der Waals surface area contributed by atoms with E-state index < -0.39 is 17.2 Å². The van der Waals surface area contributed by atoms with Crippen molar-refractivity contribution in [2.24, 2.45) is 0 Å². The lowest BCUT2D eigenvalue weighted by molar-refractivity contribution is -0.315. The van der Waals surface area contributed by atoms with E-state index in [2.05, 4.69) is 0 Å². The molecule has 3 saturated carbocycles. The van der Waals surface area contributed by atoms with Crippen LogP contribution in [0.2, 0.25) is 0 Å². The number of rotatable bonds is 3. The average Bonchev–Trinajstić information content (AvgIpc) is 3.03. The van der Waals surface area contributed by atoms with E-state index in [0.717, 1.165) is 38.5 Å². The van der Waals surface area contributed by atoms with Crippen LogP contribution >= 0.6 is 0 Å². The summed E-state index contributed by atoms with van der Waals surface area (Å²) in [5.41, 5.74) is -3.01. The molecule has 19 heavy (non-hydrogen) atoms. The molecule has 0 unspecified atom stereocenters. The van der Waals surface area contributed by atoms with Gasteiger partial charge in [-0.05, 0) is 77.0 Å². The molecule has 4 heteroatoms. The van der Waals surface area contributed by atoms with Crippen LogP contribution in [-0.4, -0.2) is 37.4 Å². The zero-order valence-corrected chi connectivity index (χ0v) is 11.8. The highest BCUT2D eigenvalue weighted by Crippen LogP contribution is 2.50. The van der Waals surface area contributed by atoms with E-state index in [-0.39, 0.29) is 0 Å². The lowest BCUT2D eigenvalue weighted by atomic mass is 9.95. The van der Waals surface area contributed by atoms with E-state index >= 15 is 0 Å². The standard InChI is InChI=1S/C15H27NO3/c17-13(7-1-2-8-13)16(14(18)9-3-4-10-14)15(19)11-5-6-12-15/h17-19H,1-12H2. The van der Waals surface area contributed by atoms with Crippen molar-refractivity contribution in [3.05, 3.63) is 0 Å². The first-order valence-electron chi connectivity index (χ1n) is 7.96. The Morgan fingerprint density at radius 3 is 0.895 bits per heavy atom. The van der Waals surface area contributed by atoms with Crippen LogP contribution in [0, 0.1) is 0 Å². The minimum Gasteiger partial charge on any atom is -0.375 e. The predicted molar refractivity (Wildman–Crippen MR) is 72.1 cm³/mol. The van der Waals surface area contributed by atoms with Gasteiger partial charge in [-0.1, -0.05) is 0 Å². The van der Waals surface area contributed by atoms with Gasteiger partial charge in [0.1, 0.15) is 17.2 Å². The maximum atomic E-state index is 11.0. The lowest BCUT2D eigenvalue weighted by Crippen LogP contribution is -2.68. The van der Waals surface area contributed by atoms with Crippen LogP contribution in [0.25, 0.3) is 0 Å². The van der Waals surface area contributed by atoms with Crippen molar-refractivity contribution in [2.45, 2.75) is 94.2 Å². The van der Waals surface area contributed by atoms with E-state index in [4.69, 9.17) is 0 Å². The fourth-order valence-corrected chi connectivity index (χ4v) is 4.66. The predicted octanol–water partition coefficient (Wildman–Crippen LogP) is 2.08. The molecule has 3 N–H and O–H groups in total. The Bertz CT molecular complexity index is 274. The minimum atomic E-state index is -1.00. The molecular weight excluding hydrogens is 242 g/mol. The van der Waals surface area contributed by atoms with Crippen LogP contribution in [0.5, 0.6) is 0 Å². The SMILES string of the molecule is OC1(N(C2(O)CCCC2)C2(O)CCCC2)CCCC1. The molecule has 4 nitrogen and oxygen atoms in total. The molecule has 0 aromatic heterocycles. The van der Waals surface area contributed by atoms with E-state index in [1.54, 1.807) is 4.90 Å². The van der Waals surface area contributed by atoms with Gasteiger partial charge in [0.05, 0.1) is 0 Å². The van der Waals surface area contributed by atoms with E-state index in [9.17, 15) is 15.3 Å². The number of hydrogen-bond acceptors (Lipinski definition) is 4. The molecule has 0 saturated heterocycles. The second-order valence-electron chi connectivity index (χ2n) is 6.90. The topological polar surface area (TPSA) is 63.9 Å². The zero-order chi connectivity index (χ0) is 13.6. The first-order valence-corrected chi connectivity index (χ1v) is 7.96. The molecule has 0 radical (unpaired) electrons. The summed E-state index contributed by atoms with van der Waals surface area (Å²) in [6.45, 7) is 0. The Hall–Kier alpha value is -0.160. The van der Waals surface area contributed by atoms with Gasteiger partial charge in [0.25, 0.3) is 0 Å². The normalized spacial score (nSPS) is 32.2. The molecule has 0 spiro atoms. The maximum Gasteiger partial charge on any atom is 0.122 e. The lowest BCUT2D eigenvalue weighted by Gasteiger charge is -2.53. The van der Waals surface area contributed by atoms with E-state index in [0.29, 0.717) is 38.5 Å².